The minimum atomic E-state index is -0.607. The van der Waals surface area contributed by atoms with Gasteiger partial charge in [0.1, 0.15) is 11.5 Å². The zero-order valence-electron chi connectivity index (χ0n) is 12.8. The Hall–Kier alpha value is -2.09. The Labute approximate surface area is 122 Å². The standard InChI is InChI=1S/C13H22N4O4/c1-5-9(18)6-17-12(19)10(15-8(2)7-21-4)11(14)16(3)13(17)20/h8,15H,5-7,14H2,1-4H3/t8-/m0/s1. The molecular formula is C13H22N4O4. The molecule has 21 heavy (non-hydrogen) atoms. The van der Waals surface area contributed by atoms with E-state index in [4.69, 9.17) is 10.5 Å². The summed E-state index contributed by atoms with van der Waals surface area (Å²) in [6.07, 6.45) is 0.253. The van der Waals surface area contributed by atoms with Gasteiger partial charge in [-0.2, -0.15) is 0 Å². The Balaban J connectivity index is 3.35. The number of nitrogens with two attached hydrogens (primary N) is 1. The number of carbonyl (C=O) groups excluding carboxylic acids is 1. The van der Waals surface area contributed by atoms with Crippen molar-refractivity contribution in [3.8, 4) is 0 Å². The maximum Gasteiger partial charge on any atom is 0.332 e. The van der Waals surface area contributed by atoms with Crippen LogP contribution in [0.5, 0.6) is 0 Å². The van der Waals surface area contributed by atoms with Gasteiger partial charge in [-0.25, -0.2) is 4.79 Å². The van der Waals surface area contributed by atoms with Crippen molar-refractivity contribution < 1.29 is 9.53 Å². The second kappa shape index (κ2) is 7.07. The fraction of sp³-hybridized carbons (Fsp3) is 0.615. The molecule has 0 unspecified atom stereocenters. The molecule has 1 rings (SSSR count). The van der Waals surface area contributed by atoms with Crippen LogP contribution in [0.4, 0.5) is 11.5 Å². The van der Waals surface area contributed by atoms with E-state index in [2.05, 4.69) is 5.32 Å². The first-order chi connectivity index (χ1) is 9.83. The molecule has 0 fully saturated rings. The number of Topliss-reactive ketones (excluding diaryl/α,β-unsaturated/α-hetero) is 1. The summed E-state index contributed by atoms with van der Waals surface area (Å²) in [5, 5.41) is 2.92. The van der Waals surface area contributed by atoms with Crippen molar-refractivity contribution in [2.75, 3.05) is 24.8 Å². The number of nitrogens with zero attached hydrogens (tertiary/aromatic N) is 2. The number of carbonyl (C=O) groups is 1. The number of nitrogens with one attached hydrogen (secondary N) is 1. The third-order valence-electron chi connectivity index (χ3n) is 3.13. The Bertz CT molecular complexity index is 632. The summed E-state index contributed by atoms with van der Waals surface area (Å²) in [7, 11) is 3.00. The monoisotopic (exact) mass is 298 g/mol. The van der Waals surface area contributed by atoms with Gasteiger partial charge in [-0.1, -0.05) is 6.92 Å². The molecule has 0 radical (unpaired) electrons. The molecule has 0 saturated carbocycles. The lowest BCUT2D eigenvalue weighted by molar-refractivity contribution is -0.119. The quantitative estimate of drug-likeness (QED) is 0.706. The third kappa shape index (κ3) is 3.72. The van der Waals surface area contributed by atoms with Crippen LogP contribution in [0, 0.1) is 0 Å². The normalized spacial score (nSPS) is 12.2. The average molecular weight is 298 g/mol. The van der Waals surface area contributed by atoms with E-state index in [1.807, 2.05) is 6.92 Å². The van der Waals surface area contributed by atoms with E-state index in [1.165, 1.54) is 7.05 Å². The van der Waals surface area contributed by atoms with Crippen LogP contribution < -0.4 is 22.3 Å². The van der Waals surface area contributed by atoms with Crippen LogP contribution in [0.2, 0.25) is 0 Å². The van der Waals surface area contributed by atoms with Crippen molar-refractivity contribution in [1.29, 1.82) is 0 Å². The Morgan fingerprint density at radius 3 is 2.57 bits per heavy atom. The van der Waals surface area contributed by atoms with Crippen LogP contribution in [0.25, 0.3) is 0 Å². The van der Waals surface area contributed by atoms with Crippen molar-refractivity contribution >= 4 is 17.3 Å². The van der Waals surface area contributed by atoms with Crippen molar-refractivity contribution in [3.63, 3.8) is 0 Å². The highest BCUT2D eigenvalue weighted by molar-refractivity contribution is 5.78. The van der Waals surface area contributed by atoms with E-state index in [-0.39, 0.29) is 36.3 Å². The number of ether oxygens (including phenoxy) is 1. The number of hydrogen-bond donors (Lipinski definition) is 2. The highest BCUT2D eigenvalue weighted by atomic mass is 16.5. The van der Waals surface area contributed by atoms with E-state index < -0.39 is 11.2 Å². The van der Waals surface area contributed by atoms with Gasteiger partial charge >= 0.3 is 5.69 Å². The van der Waals surface area contributed by atoms with Crippen molar-refractivity contribution in [2.45, 2.75) is 32.9 Å². The second-order valence-corrected chi connectivity index (χ2v) is 4.89. The van der Waals surface area contributed by atoms with Gasteiger partial charge in [0.05, 0.1) is 13.2 Å². The summed E-state index contributed by atoms with van der Waals surface area (Å²) in [6, 6.07) is -0.169. The SMILES string of the molecule is CCC(=O)Cn1c(=O)c(N[C@@H](C)COC)c(N)n(C)c1=O. The Morgan fingerprint density at radius 1 is 1.43 bits per heavy atom. The van der Waals surface area contributed by atoms with E-state index >= 15 is 0 Å². The van der Waals surface area contributed by atoms with Crippen molar-refractivity contribution in [2.24, 2.45) is 7.05 Å². The molecule has 1 aromatic heterocycles. The van der Waals surface area contributed by atoms with E-state index in [1.54, 1.807) is 14.0 Å². The van der Waals surface area contributed by atoms with Gasteiger partial charge < -0.3 is 15.8 Å². The Morgan fingerprint density at radius 2 is 2.05 bits per heavy atom. The maximum atomic E-state index is 12.4. The minimum Gasteiger partial charge on any atom is -0.383 e. The first kappa shape index (κ1) is 17.0. The van der Waals surface area contributed by atoms with Crippen LogP contribution >= 0.6 is 0 Å². The molecule has 118 valence electrons. The molecule has 8 nitrogen and oxygen atoms in total. The lowest BCUT2D eigenvalue weighted by Crippen LogP contribution is -2.43. The number of methoxy groups -OCH3 is 1. The molecule has 0 amide bonds. The molecule has 0 aliphatic heterocycles. The fourth-order valence-corrected chi connectivity index (χ4v) is 1.88. The van der Waals surface area contributed by atoms with E-state index in [9.17, 15) is 14.4 Å². The van der Waals surface area contributed by atoms with Crippen LogP contribution in [-0.4, -0.2) is 34.7 Å². The van der Waals surface area contributed by atoms with Crippen molar-refractivity contribution in [3.05, 3.63) is 20.8 Å². The molecule has 0 aliphatic carbocycles. The van der Waals surface area contributed by atoms with Crippen molar-refractivity contribution in [1.82, 2.24) is 9.13 Å². The molecule has 0 aromatic carbocycles. The average Bonchev–Trinajstić information content (AvgIpc) is 2.46. The van der Waals surface area contributed by atoms with Gasteiger partial charge in [0.15, 0.2) is 5.78 Å². The first-order valence-corrected chi connectivity index (χ1v) is 6.69. The molecule has 0 aliphatic rings. The number of rotatable bonds is 7. The van der Waals surface area contributed by atoms with Crippen LogP contribution in [0.3, 0.4) is 0 Å². The summed E-state index contributed by atoms with van der Waals surface area (Å²) in [6.45, 7) is 3.61. The molecular weight excluding hydrogens is 276 g/mol. The summed E-state index contributed by atoms with van der Waals surface area (Å²) in [5.41, 5.74) is 4.72. The number of aromatic nitrogens is 2. The summed E-state index contributed by atoms with van der Waals surface area (Å²) >= 11 is 0. The topological polar surface area (TPSA) is 108 Å². The lowest BCUT2D eigenvalue weighted by atomic mass is 10.3. The van der Waals surface area contributed by atoms with Gasteiger partial charge in [-0.3, -0.25) is 18.7 Å². The number of nitrogen functional groups attached to an aromatic ring is 1. The fourth-order valence-electron chi connectivity index (χ4n) is 1.88. The van der Waals surface area contributed by atoms with E-state index in [0.29, 0.717) is 6.61 Å². The summed E-state index contributed by atoms with van der Waals surface area (Å²) in [5.74, 6) is -0.164. The molecule has 8 heteroatoms. The molecule has 1 atom stereocenters. The van der Waals surface area contributed by atoms with Gasteiger partial charge in [-0.15, -0.1) is 0 Å². The zero-order chi connectivity index (χ0) is 16.2. The lowest BCUT2D eigenvalue weighted by Gasteiger charge is -2.18. The van der Waals surface area contributed by atoms with Crippen LogP contribution in [-0.2, 0) is 23.1 Å². The second-order valence-electron chi connectivity index (χ2n) is 4.89. The van der Waals surface area contributed by atoms with Gasteiger partial charge in [0, 0.05) is 26.6 Å². The zero-order valence-corrected chi connectivity index (χ0v) is 12.8. The minimum absolute atomic E-state index is 0.0353. The number of ketones is 1. The van der Waals surface area contributed by atoms with Gasteiger partial charge in [0.2, 0.25) is 0 Å². The van der Waals surface area contributed by atoms with Gasteiger partial charge in [-0.05, 0) is 6.92 Å². The first-order valence-electron chi connectivity index (χ1n) is 6.69. The molecule has 0 saturated heterocycles. The molecule has 0 bridgehead atoms. The van der Waals surface area contributed by atoms with Crippen LogP contribution in [0.15, 0.2) is 9.59 Å². The highest BCUT2D eigenvalue weighted by Crippen LogP contribution is 2.11. The summed E-state index contributed by atoms with van der Waals surface area (Å²) < 4.78 is 7.02. The Kier molecular flexibility index (Phi) is 5.71. The summed E-state index contributed by atoms with van der Waals surface area (Å²) in [4.78, 5) is 36.0. The number of hydrogen-bond acceptors (Lipinski definition) is 6. The largest absolute Gasteiger partial charge is 0.383 e. The highest BCUT2D eigenvalue weighted by Gasteiger charge is 2.18. The molecule has 1 aromatic rings. The predicted molar refractivity (Wildman–Crippen MR) is 80.6 cm³/mol. The van der Waals surface area contributed by atoms with Crippen LogP contribution in [0.1, 0.15) is 20.3 Å². The number of anilines is 2. The molecule has 1 heterocycles. The predicted octanol–water partition coefficient (Wildman–Crippen LogP) is -0.445. The van der Waals surface area contributed by atoms with E-state index in [0.717, 1.165) is 9.13 Å². The van der Waals surface area contributed by atoms with Gasteiger partial charge in [0.25, 0.3) is 5.56 Å². The smallest absolute Gasteiger partial charge is 0.332 e. The third-order valence-corrected chi connectivity index (χ3v) is 3.13. The molecule has 3 N–H and O–H groups in total. The maximum absolute atomic E-state index is 12.4. The molecule has 0 spiro atoms.